The van der Waals surface area contributed by atoms with E-state index in [9.17, 15) is 9.59 Å². The van der Waals surface area contributed by atoms with Gasteiger partial charge in [0.25, 0.3) is 11.8 Å². The van der Waals surface area contributed by atoms with Crippen LogP contribution in [-0.2, 0) is 6.42 Å². The molecule has 0 saturated heterocycles. The van der Waals surface area contributed by atoms with Crippen LogP contribution < -0.4 is 5.43 Å². The average Bonchev–Trinajstić information content (AvgIpc) is 2.59. The highest BCUT2D eigenvalue weighted by molar-refractivity contribution is 5.99. The summed E-state index contributed by atoms with van der Waals surface area (Å²) in [6.45, 7) is 7.78. The molecular weight excluding hydrogens is 312 g/mol. The summed E-state index contributed by atoms with van der Waals surface area (Å²) >= 11 is 0. The Hall–Kier alpha value is -2.62. The van der Waals surface area contributed by atoms with E-state index in [0.29, 0.717) is 11.1 Å². The highest BCUT2D eigenvalue weighted by Gasteiger charge is 2.29. The minimum Gasteiger partial charge on any atom is -0.267 e. The van der Waals surface area contributed by atoms with Crippen LogP contribution in [0, 0.1) is 0 Å². The Morgan fingerprint density at radius 2 is 1.60 bits per heavy atom. The molecular formula is C21H26N2O2. The molecule has 0 spiro atoms. The van der Waals surface area contributed by atoms with Crippen molar-refractivity contribution in [1.82, 2.24) is 10.4 Å². The van der Waals surface area contributed by atoms with E-state index >= 15 is 0 Å². The van der Waals surface area contributed by atoms with Crippen LogP contribution in [-0.4, -0.2) is 22.4 Å². The third-order valence-corrected chi connectivity index (χ3v) is 3.84. The molecule has 0 fully saturated rings. The van der Waals surface area contributed by atoms with Gasteiger partial charge in [0.15, 0.2) is 0 Å². The van der Waals surface area contributed by atoms with Crippen LogP contribution in [0.2, 0.25) is 0 Å². The van der Waals surface area contributed by atoms with Crippen molar-refractivity contribution in [2.75, 3.05) is 0 Å². The predicted molar refractivity (Wildman–Crippen MR) is 100 cm³/mol. The molecule has 0 aliphatic rings. The molecule has 0 atom stereocenters. The van der Waals surface area contributed by atoms with Gasteiger partial charge in [0.2, 0.25) is 0 Å². The number of hydrogen-bond donors (Lipinski definition) is 1. The number of aryl methyl sites for hydroxylation is 1. The smallest absolute Gasteiger partial charge is 0.267 e. The fourth-order valence-corrected chi connectivity index (χ4v) is 2.56. The number of amides is 2. The van der Waals surface area contributed by atoms with Crippen LogP contribution in [0.25, 0.3) is 0 Å². The second-order valence-corrected chi connectivity index (χ2v) is 7.07. The van der Waals surface area contributed by atoms with Crippen molar-refractivity contribution in [2.24, 2.45) is 0 Å². The molecule has 0 heterocycles. The largest absolute Gasteiger partial charge is 0.272 e. The van der Waals surface area contributed by atoms with Gasteiger partial charge in [0, 0.05) is 11.1 Å². The Morgan fingerprint density at radius 3 is 2.20 bits per heavy atom. The second-order valence-electron chi connectivity index (χ2n) is 7.07. The van der Waals surface area contributed by atoms with Gasteiger partial charge in [-0.15, -0.1) is 0 Å². The zero-order chi connectivity index (χ0) is 18.4. The number of carbonyl (C=O) groups excluding carboxylic acids is 2. The first-order chi connectivity index (χ1) is 11.8. The molecule has 1 N–H and O–H groups in total. The van der Waals surface area contributed by atoms with Crippen LogP contribution in [0.1, 0.15) is 60.4 Å². The van der Waals surface area contributed by atoms with Crippen molar-refractivity contribution in [3.63, 3.8) is 0 Å². The van der Waals surface area contributed by atoms with Gasteiger partial charge in [0.05, 0.1) is 5.54 Å². The Kier molecular flexibility index (Phi) is 5.97. The van der Waals surface area contributed by atoms with Gasteiger partial charge in [-0.1, -0.05) is 43.7 Å². The highest BCUT2D eigenvalue weighted by atomic mass is 16.2. The molecule has 0 unspecified atom stereocenters. The van der Waals surface area contributed by atoms with Crippen LogP contribution in [0.5, 0.6) is 0 Å². The van der Waals surface area contributed by atoms with Crippen molar-refractivity contribution in [1.29, 1.82) is 0 Å². The van der Waals surface area contributed by atoms with E-state index in [1.165, 1.54) is 5.01 Å². The molecule has 25 heavy (non-hydrogen) atoms. The lowest BCUT2D eigenvalue weighted by Crippen LogP contribution is -2.55. The summed E-state index contributed by atoms with van der Waals surface area (Å²) in [5.41, 5.74) is 4.45. The number of hydrogen-bond acceptors (Lipinski definition) is 2. The van der Waals surface area contributed by atoms with Crippen LogP contribution >= 0.6 is 0 Å². The first kappa shape index (κ1) is 18.7. The topological polar surface area (TPSA) is 49.4 Å². The van der Waals surface area contributed by atoms with E-state index in [1.54, 1.807) is 18.2 Å². The maximum atomic E-state index is 12.8. The lowest BCUT2D eigenvalue weighted by molar-refractivity contribution is 0.0358. The normalized spacial score (nSPS) is 11.0. The molecule has 0 aromatic heterocycles. The molecule has 2 amide bonds. The van der Waals surface area contributed by atoms with E-state index < -0.39 is 5.54 Å². The molecule has 0 bridgehead atoms. The highest BCUT2D eigenvalue weighted by Crippen LogP contribution is 2.16. The molecule has 2 aromatic carbocycles. The fraction of sp³-hybridized carbons (Fsp3) is 0.333. The second kappa shape index (κ2) is 7.97. The van der Waals surface area contributed by atoms with Crippen molar-refractivity contribution in [3.05, 3.63) is 71.3 Å². The molecule has 2 aromatic rings. The van der Waals surface area contributed by atoms with Gasteiger partial charge >= 0.3 is 0 Å². The van der Waals surface area contributed by atoms with Crippen LogP contribution in [0.4, 0.5) is 0 Å². The molecule has 0 radical (unpaired) electrons. The molecule has 4 nitrogen and oxygen atoms in total. The van der Waals surface area contributed by atoms with Crippen molar-refractivity contribution in [2.45, 2.75) is 46.1 Å². The third-order valence-electron chi connectivity index (χ3n) is 3.84. The number of rotatable bonds is 4. The Labute approximate surface area is 149 Å². The Balaban J connectivity index is 2.24. The molecule has 2 rings (SSSR count). The Bertz CT molecular complexity index is 733. The van der Waals surface area contributed by atoms with E-state index in [0.717, 1.165) is 18.4 Å². The summed E-state index contributed by atoms with van der Waals surface area (Å²) in [4.78, 5) is 25.5. The standard InChI is InChI=1S/C21H26N2O2/c1-5-10-16-11-9-14-18(15-16)19(24)22-23(21(2,3)4)20(25)17-12-7-6-8-13-17/h6-9,11-15H,5,10H2,1-4H3,(H,22,24). The maximum absolute atomic E-state index is 12.8. The summed E-state index contributed by atoms with van der Waals surface area (Å²) < 4.78 is 0. The van der Waals surface area contributed by atoms with E-state index in [1.807, 2.05) is 57.2 Å². The van der Waals surface area contributed by atoms with Gasteiger partial charge in [-0.3, -0.25) is 15.0 Å². The first-order valence-corrected chi connectivity index (χ1v) is 8.62. The first-order valence-electron chi connectivity index (χ1n) is 8.62. The molecule has 132 valence electrons. The number of benzene rings is 2. The number of carbonyl (C=O) groups is 2. The van der Waals surface area contributed by atoms with Gasteiger partial charge in [-0.2, -0.15) is 0 Å². The van der Waals surface area contributed by atoms with Gasteiger partial charge in [-0.25, -0.2) is 5.01 Å². The summed E-state index contributed by atoms with van der Waals surface area (Å²) in [7, 11) is 0. The number of hydrazine groups is 1. The van der Waals surface area contributed by atoms with Crippen molar-refractivity contribution in [3.8, 4) is 0 Å². The Morgan fingerprint density at radius 1 is 0.960 bits per heavy atom. The van der Waals surface area contributed by atoms with E-state index in [4.69, 9.17) is 0 Å². The zero-order valence-electron chi connectivity index (χ0n) is 15.4. The monoisotopic (exact) mass is 338 g/mol. The number of nitrogens with one attached hydrogen (secondary N) is 1. The summed E-state index contributed by atoms with van der Waals surface area (Å²) in [5.74, 6) is -0.511. The summed E-state index contributed by atoms with van der Waals surface area (Å²) in [6.07, 6.45) is 1.94. The fourth-order valence-electron chi connectivity index (χ4n) is 2.56. The zero-order valence-corrected chi connectivity index (χ0v) is 15.4. The quantitative estimate of drug-likeness (QED) is 0.848. The van der Waals surface area contributed by atoms with Gasteiger partial charge < -0.3 is 0 Å². The lowest BCUT2D eigenvalue weighted by Gasteiger charge is -2.35. The molecule has 0 saturated carbocycles. The average molecular weight is 338 g/mol. The predicted octanol–water partition coefficient (Wildman–Crippen LogP) is 4.22. The maximum Gasteiger partial charge on any atom is 0.272 e. The molecule has 0 aliphatic heterocycles. The summed E-state index contributed by atoms with van der Waals surface area (Å²) in [6, 6.07) is 16.5. The van der Waals surface area contributed by atoms with Gasteiger partial charge in [-0.05, 0) is 57.0 Å². The number of nitrogens with zero attached hydrogens (tertiary/aromatic N) is 1. The minimum absolute atomic E-state index is 0.230. The molecule has 4 heteroatoms. The van der Waals surface area contributed by atoms with Crippen LogP contribution in [0.15, 0.2) is 54.6 Å². The molecule has 0 aliphatic carbocycles. The summed E-state index contributed by atoms with van der Waals surface area (Å²) in [5, 5.41) is 1.40. The van der Waals surface area contributed by atoms with E-state index in [2.05, 4.69) is 12.3 Å². The lowest BCUT2D eigenvalue weighted by atomic mass is 10.1. The van der Waals surface area contributed by atoms with Crippen LogP contribution in [0.3, 0.4) is 0 Å². The van der Waals surface area contributed by atoms with E-state index in [-0.39, 0.29) is 11.8 Å². The van der Waals surface area contributed by atoms with Crippen molar-refractivity contribution >= 4 is 11.8 Å². The minimum atomic E-state index is -0.552. The van der Waals surface area contributed by atoms with Gasteiger partial charge in [0.1, 0.15) is 0 Å². The van der Waals surface area contributed by atoms with Crippen molar-refractivity contribution < 1.29 is 9.59 Å². The SMILES string of the molecule is CCCc1cccc(C(=O)NN(C(=O)c2ccccc2)C(C)(C)C)c1. The third kappa shape index (κ3) is 4.92.